The number of aromatic nitrogens is 1. The first-order valence-electron chi connectivity index (χ1n) is 8.44. The van der Waals surface area contributed by atoms with Gasteiger partial charge in [-0.25, -0.2) is 0 Å². The second kappa shape index (κ2) is 7.34. The van der Waals surface area contributed by atoms with Gasteiger partial charge in [-0.05, 0) is 37.3 Å². The number of H-pyrrole nitrogens is 1. The molecule has 2 aromatic rings. The van der Waals surface area contributed by atoms with Crippen LogP contribution in [0, 0.1) is 5.92 Å². The number of hydrogen-bond acceptors (Lipinski definition) is 2. The van der Waals surface area contributed by atoms with E-state index >= 15 is 0 Å². The fourth-order valence-corrected chi connectivity index (χ4v) is 3.34. The van der Waals surface area contributed by atoms with Gasteiger partial charge in [0.25, 0.3) is 0 Å². The Morgan fingerprint density at radius 2 is 2.00 bits per heavy atom. The van der Waals surface area contributed by atoms with Gasteiger partial charge < -0.3 is 16.0 Å². The van der Waals surface area contributed by atoms with E-state index in [4.69, 9.17) is 5.73 Å². The molecule has 0 bridgehead atoms. The minimum absolute atomic E-state index is 0.0126. The number of aromatic amines is 1. The number of carbonyl (C=O) groups excluding carboxylic acids is 2. The zero-order valence-electron chi connectivity index (χ0n) is 13.6. The molecular formula is C19H23N3O2. The summed E-state index contributed by atoms with van der Waals surface area (Å²) in [6.45, 7) is 0. The van der Waals surface area contributed by atoms with Crippen LogP contribution in [0.4, 0.5) is 0 Å². The van der Waals surface area contributed by atoms with E-state index in [0.29, 0.717) is 19.3 Å². The summed E-state index contributed by atoms with van der Waals surface area (Å²) < 4.78 is 0. The highest BCUT2D eigenvalue weighted by molar-refractivity contribution is 5.83. The molecule has 0 aliphatic heterocycles. The molecule has 1 heterocycles. The molecule has 0 spiro atoms. The largest absolute Gasteiger partial charge is 0.369 e. The maximum atomic E-state index is 12.2. The molecule has 4 N–H and O–H groups in total. The Morgan fingerprint density at radius 3 is 2.83 bits per heavy atom. The Labute approximate surface area is 141 Å². The van der Waals surface area contributed by atoms with E-state index in [0.717, 1.165) is 18.4 Å². The second-order valence-electron chi connectivity index (χ2n) is 6.34. The van der Waals surface area contributed by atoms with Crippen molar-refractivity contribution in [2.45, 2.75) is 38.1 Å². The van der Waals surface area contributed by atoms with Gasteiger partial charge in [0.1, 0.15) is 0 Å². The molecule has 1 aromatic heterocycles. The minimum atomic E-state index is -0.344. The summed E-state index contributed by atoms with van der Waals surface area (Å²) in [7, 11) is 0. The van der Waals surface area contributed by atoms with Crippen molar-refractivity contribution in [3.8, 4) is 0 Å². The average molecular weight is 325 g/mol. The van der Waals surface area contributed by atoms with E-state index in [1.807, 2.05) is 36.5 Å². The maximum Gasteiger partial charge on any atom is 0.222 e. The van der Waals surface area contributed by atoms with Gasteiger partial charge in [0.05, 0.1) is 5.92 Å². The lowest BCUT2D eigenvalue weighted by Crippen LogP contribution is -2.46. The van der Waals surface area contributed by atoms with Crippen molar-refractivity contribution in [2.24, 2.45) is 11.7 Å². The first-order valence-corrected chi connectivity index (χ1v) is 8.44. The summed E-state index contributed by atoms with van der Waals surface area (Å²) in [4.78, 5) is 26.9. The van der Waals surface area contributed by atoms with E-state index in [9.17, 15) is 9.59 Å². The van der Waals surface area contributed by atoms with E-state index in [2.05, 4.69) is 16.4 Å². The van der Waals surface area contributed by atoms with Crippen molar-refractivity contribution >= 4 is 22.7 Å². The third-order valence-corrected chi connectivity index (χ3v) is 4.67. The molecule has 0 radical (unpaired) electrons. The molecule has 5 nitrogen and oxygen atoms in total. The number of nitrogens with two attached hydrogens (primary N) is 1. The van der Waals surface area contributed by atoms with E-state index in [-0.39, 0.29) is 23.8 Å². The molecule has 0 unspecified atom stereocenters. The third-order valence-electron chi connectivity index (χ3n) is 4.67. The fraction of sp³-hybridized carbons (Fsp3) is 0.368. The summed E-state index contributed by atoms with van der Waals surface area (Å²) in [5, 5.41) is 4.18. The van der Waals surface area contributed by atoms with Crippen molar-refractivity contribution in [1.29, 1.82) is 0 Å². The van der Waals surface area contributed by atoms with Crippen LogP contribution in [0.25, 0.3) is 10.9 Å². The Kier molecular flexibility index (Phi) is 4.99. The first kappa shape index (κ1) is 16.3. The summed E-state index contributed by atoms with van der Waals surface area (Å²) in [5.41, 5.74) is 7.77. The van der Waals surface area contributed by atoms with Crippen LogP contribution in [-0.4, -0.2) is 22.8 Å². The highest BCUT2D eigenvalue weighted by Crippen LogP contribution is 2.21. The summed E-state index contributed by atoms with van der Waals surface area (Å²) in [6, 6.07) is 7.99. The van der Waals surface area contributed by atoms with Gasteiger partial charge in [-0.15, -0.1) is 0 Å². The predicted octanol–water partition coefficient (Wildman–Crippen LogP) is 2.43. The number of allylic oxidation sites excluding steroid dienone is 1. The summed E-state index contributed by atoms with van der Waals surface area (Å²) >= 11 is 0. The molecular weight excluding hydrogens is 302 g/mol. The molecule has 0 saturated carbocycles. The molecule has 0 saturated heterocycles. The molecule has 1 aliphatic carbocycles. The smallest absolute Gasteiger partial charge is 0.222 e. The third kappa shape index (κ3) is 3.67. The Morgan fingerprint density at radius 1 is 1.21 bits per heavy atom. The lowest BCUT2D eigenvalue weighted by molar-refractivity contribution is -0.125. The fourth-order valence-electron chi connectivity index (χ4n) is 3.34. The van der Waals surface area contributed by atoms with E-state index < -0.39 is 0 Å². The lowest BCUT2D eigenvalue weighted by atomic mass is 9.88. The van der Waals surface area contributed by atoms with Crippen LogP contribution in [0.2, 0.25) is 0 Å². The summed E-state index contributed by atoms with van der Waals surface area (Å²) in [6.07, 6.45) is 9.31. The van der Waals surface area contributed by atoms with Gasteiger partial charge in [0, 0.05) is 29.6 Å². The van der Waals surface area contributed by atoms with Gasteiger partial charge in [0.15, 0.2) is 0 Å². The zero-order valence-corrected chi connectivity index (χ0v) is 13.6. The normalized spacial score (nSPS) is 20.2. The minimum Gasteiger partial charge on any atom is -0.369 e. The van der Waals surface area contributed by atoms with Gasteiger partial charge >= 0.3 is 0 Å². The zero-order chi connectivity index (χ0) is 16.9. The number of nitrogens with one attached hydrogen (secondary N) is 2. The van der Waals surface area contributed by atoms with Crippen molar-refractivity contribution in [3.63, 3.8) is 0 Å². The Balaban J connectivity index is 1.50. The van der Waals surface area contributed by atoms with Gasteiger partial charge in [-0.1, -0.05) is 30.4 Å². The number of para-hydroxylation sites is 1. The topological polar surface area (TPSA) is 88.0 Å². The SMILES string of the molecule is NC(=O)[C@@H]1CC=CC[C@H]1NC(=O)CCCc1c[nH]c2ccccc12. The van der Waals surface area contributed by atoms with Crippen LogP contribution in [0.5, 0.6) is 0 Å². The van der Waals surface area contributed by atoms with Crippen molar-refractivity contribution in [3.05, 3.63) is 48.2 Å². The van der Waals surface area contributed by atoms with Crippen molar-refractivity contribution in [2.75, 3.05) is 0 Å². The number of rotatable bonds is 6. The molecule has 2 amide bonds. The van der Waals surface area contributed by atoms with Crippen LogP contribution in [0.3, 0.4) is 0 Å². The van der Waals surface area contributed by atoms with Crippen molar-refractivity contribution in [1.82, 2.24) is 10.3 Å². The van der Waals surface area contributed by atoms with Crippen molar-refractivity contribution < 1.29 is 9.59 Å². The number of amides is 2. The number of carbonyl (C=O) groups is 2. The first-order chi connectivity index (χ1) is 11.6. The monoisotopic (exact) mass is 325 g/mol. The molecule has 24 heavy (non-hydrogen) atoms. The standard InChI is InChI=1S/C19H23N3O2/c20-19(24)15-8-2-4-10-17(15)22-18(23)11-5-6-13-12-21-16-9-3-1-7-14(13)16/h1-4,7,9,12,15,17,21H,5-6,8,10-11H2,(H2,20,24)(H,22,23)/t15-,17-/m1/s1. The van der Waals surface area contributed by atoms with Gasteiger partial charge in [-0.2, -0.15) is 0 Å². The van der Waals surface area contributed by atoms with Crippen LogP contribution >= 0.6 is 0 Å². The number of fused-ring (bicyclic) bond motifs is 1. The lowest BCUT2D eigenvalue weighted by Gasteiger charge is -2.26. The highest BCUT2D eigenvalue weighted by Gasteiger charge is 2.28. The predicted molar refractivity (Wildman–Crippen MR) is 94.2 cm³/mol. The van der Waals surface area contributed by atoms with Crippen LogP contribution in [0.15, 0.2) is 42.6 Å². The van der Waals surface area contributed by atoms with Gasteiger partial charge in [-0.3, -0.25) is 9.59 Å². The van der Waals surface area contributed by atoms with E-state index in [1.54, 1.807) is 0 Å². The van der Waals surface area contributed by atoms with Crippen LogP contribution in [0.1, 0.15) is 31.2 Å². The number of benzene rings is 1. The Bertz CT molecular complexity index is 763. The number of aryl methyl sites for hydroxylation is 1. The van der Waals surface area contributed by atoms with Gasteiger partial charge in [0.2, 0.25) is 11.8 Å². The highest BCUT2D eigenvalue weighted by atomic mass is 16.2. The average Bonchev–Trinajstić information content (AvgIpc) is 2.98. The Hall–Kier alpha value is -2.56. The molecule has 2 atom stereocenters. The molecule has 126 valence electrons. The van der Waals surface area contributed by atoms with E-state index in [1.165, 1.54) is 10.9 Å². The van der Waals surface area contributed by atoms with Crippen LogP contribution < -0.4 is 11.1 Å². The molecule has 1 aliphatic rings. The summed E-state index contributed by atoms with van der Waals surface area (Å²) in [5.74, 6) is -0.655. The molecule has 5 heteroatoms. The maximum absolute atomic E-state index is 12.2. The van der Waals surface area contributed by atoms with Crippen LogP contribution in [-0.2, 0) is 16.0 Å². The number of hydrogen-bond donors (Lipinski definition) is 3. The molecule has 1 aromatic carbocycles. The molecule has 0 fully saturated rings. The second-order valence-corrected chi connectivity index (χ2v) is 6.34. The molecule has 3 rings (SSSR count). The number of primary amides is 1. The quantitative estimate of drug-likeness (QED) is 0.712.